The third-order valence-electron chi connectivity index (χ3n) is 9.74. The predicted octanol–water partition coefficient (Wildman–Crippen LogP) is 6.56. The van der Waals surface area contributed by atoms with Gasteiger partial charge in [0, 0.05) is 41.7 Å². The largest absolute Gasteiger partial charge is 0.462 e. The van der Waals surface area contributed by atoms with E-state index < -0.39 is 46.1 Å². The lowest BCUT2D eigenvalue weighted by Gasteiger charge is -2.34. The molecule has 0 unspecified atom stereocenters. The molecule has 2 bridgehead atoms. The van der Waals surface area contributed by atoms with Gasteiger partial charge in [0.2, 0.25) is 0 Å². The molecule has 0 radical (unpaired) electrons. The highest BCUT2D eigenvalue weighted by Gasteiger charge is 2.51. The second kappa shape index (κ2) is 12.9. The maximum absolute atomic E-state index is 16.8. The first kappa shape index (κ1) is 34.3. The maximum Gasteiger partial charge on any atom is 0.418 e. The van der Waals surface area contributed by atoms with Gasteiger partial charge in [0.15, 0.2) is 11.6 Å². The van der Waals surface area contributed by atoms with Crippen molar-refractivity contribution in [2.75, 3.05) is 37.4 Å². The van der Waals surface area contributed by atoms with E-state index >= 15 is 4.39 Å². The SMILES string of the molecule is Cc1cc(N)nc(-c2c(Cl)cc3c(N4C[C@]5(NC(=O)/C(F)=C/c6nccs6)CC[C@H]4C5)nc(OC[C@@H]4CCCN4C)nc3c2F)c1C(F)(F)F. The molecule has 3 atom stereocenters. The summed E-state index contributed by atoms with van der Waals surface area (Å²) in [6.07, 6.45) is 1.14. The number of alkyl halides is 3. The number of pyridine rings is 1. The molecule has 2 saturated heterocycles. The number of hydrogen-bond acceptors (Lipinski definition) is 10. The first-order chi connectivity index (χ1) is 23.7. The van der Waals surface area contributed by atoms with Crippen molar-refractivity contribution in [3.8, 4) is 17.3 Å². The number of nitrogens with one attached hydrogen (secondary N) is 1. The van der Waals surface area contributed by atoms with Gasteiger partial charge in [0.25, 0.3) is 5.91 Å². The van der Waals surface area contributed by atoms with Gasteiger partial charge in [0.1, 0.15) is 28.8 Å². The zero-order valence-electron chi connectivity index (χ0n) is 27.0. The van der Waals surface area contributed by atoms with E-state index in [2.05, 4.69) is 30.2 Å². The number of ether oxygens (including phenoxy) is 1. The third-order valence-corrected chi connectivity index (χ3v) is 10.8. The number of nitrogen functional groups attached to an aromatic ring is 1. The minimum absolute atomic E-state index is 0.0609. The number of hydrogen-bond donors (Lipinski definition) is 2. The number of carbonyl (C=O) groups is 1. The molecule has 1 amide bonds. The standard InChI is InChI=1S/C33H32ClF5N8O2S/c1-16-10-22(40)42-28(25(16)33(37,38)39)24-20(34)11-19-27(26(24)36)43-31(49-14-18-4-3-8-46(18)2)44-29(19)47-15-32(6-5-17(47)13-32)45-30(48)21(35)12-23-41-7-9-50-23/h7,9-12,17-18H,3-6,8,13-15H2,1-2H3,(H2,40,42)(H,45,48)/b21-12-/t17-,18-,32-/m0/s1. The third kappa shape index (κ3) is 6.32. The minimum Gasteiger partial charge on any atom is -0.462 e. The van der Waals surface area contributed by atoms with Gasteiger partial charge in [-0.15, -0.1) is 11.3 Å². The summed E-state index contributed by atoms with van der Waals surface area (Å²) in [5, 5.41) is 4.64. The molecule has 2 aliphatic heterocycles. The Labute approximate surface area is 292 Å². The van der Waals surface area contributed by atoms with Crippen LogP contribution in [0.2, 0.25) is 5.02 Å². The zero-order chi connectivity index (χ0) is 35.5. The van der Waals surface area contributed by atoms with Crippen LogP contribution in [0, 0.1) is 12.7 Å². The van der Waals surface area contributed by atoms with Crippen molar-refractivity contribution < 1.29 is 31.5 Å². The van der Waals surface area contributed by atoms with E-state index in [1.54, 1.807) is 5.38 Å². The second-order valence-corrected chi connectivity index (χ2v) is 14.4. The fourth-order valence-electron chi connectivity index (χ4n) is 7.40. The van der Waals surface area contributed by atoms with Crippen LogP contribution >= 0.6 is 22.9 Å². The Morgan fingerprint density at radius 2 is 2.06 bits per heavy atom. The monoisotopic (exact) mass is 734 g/mol. The molecule has 10 nitrogen and oxygen atoms in total. The van der Waals surface area contributed by atoms with E-state index in [-0.39, 0.29) is 64.4 Å². The smallest absolute Gasteiger partial charge is 0.418 e. The van der Waals surface area contributed by atoms with Gasteiger partial charge in [-0.2, -0.15) is 23.1 Å². The Kier molecular flexibility index (Phi) is 8.83. The van der Waals surface area contributed by atoms with Gasteiger partial charge in [-0.05, 0) is 70.3 Å². The number of thiazole rings is 1. The summed E-state index contributed by atoms with van der Waals surface area (Å²) in [4.78, 5) is 33.9. The molecule has 0 spiro atoms. The molecule has 17 heteroatoms. The summed E-state index contributed by atoms with van der Waals surface area (Å²) in [6, 6.07) is 2.07. The summed E-state index contributed by atoms with van der Waals surface area (Å²) in [7, 11) is 1.96. The highest BCUT2D eigenvalue weighted by atomic mass is 35.5. The topological polar surface area (TPSA) is 122 Å². The molecule has 50 heavy (non-hydrogen) atoms. The Balaban J connectivity index is 1.31. The van der Waals surface area contributed by atoms with Gasteiger partial charge < -0.3 is 25.6 Å². The van der Waals surface area contributed by atoms with Crippen LogP contribution in [0.1, 0.15) is 48.2 Å². The van der Waals surface area contributed by atoms with Crippen LogP contribution in [0.25, 0.3) is 28.2 Å². The molecule has 3 N–H and O–H groups in total. The number of nitrogens with two attached hydrogens (primary N) is 1. The van der Waals surface area contributed by atoms with Crippen LogP contribution in [-0.2, 0) is 11.0 Å². The molecule has 3 aromatic heterocycles. The number of benzene rings is 1. The van der Waals surface area contributed by atoms with E-state index in [1.807, 2.05) is 11.9 Å². The van der Waals surface area contributed by atoms with Gasteiger partial charge in [-0.3, -0.25) is 4.79 Å². The van der Waals surface area contributed by atoms with E-state index in [9.17, 15) is 22.4 Å². The van der Waals surface area contributed by atoms with Crippen LogP contribution in [0.5, 0.6) is 6.01 Å². The molecule has 3 fully saturated rings. The zero-order valence-corrected chi connectivity index (χ0v) is 28.5. The number of rotatable bonds is 8. The van der Waals surface area contributed by atoms with Gasteiger partial charge in [-0.25, -0.2) is 18.7 Å². The number of aryl methyl sites for hydroxylation is 1. The number of anilines is 2. The van der Waals surface area contributed by atoms with E-state index in [0.717, 1.165) is 31.5 Å². The van der Waals surface area contributed by atoms with Crippen molar-refractivity contribution in [3.05, 3.63) is 56.5 Å². The summed E-state index contributed by atoms with van der Waals surface area (Å²) in [6.45, 7) is 2.48. The molecule has 1 aliphatic carbocycles. The number of likely N-dealkylation sites (tertiary alicyclic amines) is 1. The summed E-state index contributed by atoms with van der Waals surface area (Å²) < 4.78 is 80.6. The fraction of sp³-hybridized carbons (Fsp3) is 0.424. The van der Waals surface area contributed by atoms with E-state index in [0.29, 0.717) is 24.3 Å². The second-order valence-electron chi connectivity index (χ2n) is 13.1. The lowest BCUT2D eigenvalue weighted by atomic mass is 9.97. The fourth-order valence-corrected chi connectivity index (χ4v) is 8.24. The molecule has 5 heterocycles. The lowest BCUT2D eigenvalue weighted by molar-refractivity contribution is -0.137. The average Bonchev–Trinajstić information content (AvgIpc) is 3.85. The number of fused-ring (bicyclic) bond motifs is 3. The molecule has 7 rings (SSSR count). The number of amides is 1. The van der Waals surface area contributed by atoms with E-state index in [4.69, 9.17) is 22.1 Å². The summed E-state index contributed by atoms with van der Waals surface area (Å²) >= 11 is 7.80. The van der Waals surface area contributed by atoms with Crippen molar-refractivity contribution in [3.63, 3.8) is 0 Å². The van der Waals surface area contributed by atoms with E-state index in [1.165, 1.54) is 30.5 Å². The molecule has 1 saturated carbocycles. The van der Waals surface area contributed by atoms with Crippen molar-refractivity contribution >= 4 is 57.5 Å². The first-order valence-corrected chi connectivity index (χ1v) is 17.2. The number of carbonyl (C=O) groups excluding carboxylic acids is 1. The van der Waals surface area contributed by atoms with Crippen molar-refractivity contribution in [2.45, 2.75) is 62.8 Å². The maximum atomic E-state index is 16.8. The average molecular weight is 735 g/mol. The van der Waals surface area contributed by atoms with Crippen molar-refractivity contribution in [1.82, 2.24) is 30.2 Å². The summed E-state index contributed by atoms with van der Waals surface area (Å²) in [5.74, 6) is -3.04. The molecular formula is C33H32ClF5N8O2S. The van der Waals surface area contributed by atoms with Crippen LogP contribution in [0.15, 0.2) is 29.5 Å². The number of aromatic nitrogens is 4. The molecule has 1 aromatic carbocycles. The number of halogens is 6. The Hall–Kier alpha value is -4.15. The van der Waals surface area contributed by atoms with Crippen LogP contribution in [0.4, 0.5) is 33.6 Å². The molecular weight excluding hydrogens is 703 g/mol. The molecule has 3 aliphatic rings. The predicted molar refractivity (Wildman–Crippen MR) is 180 cm³/mol. The highest BCUT2D eigenvalue weighted by molar-refractivity contribution is 7.10. The minimum atomic E-state index is -4.90. The number of likely N-dealkylation sites (N-methyl/N-ethyl adjacent to an activating group) is 1. The quantitative estimate of drug-likeness (QED) is 0.153. The number of nitrogens with zero attached hydrogens (tertiary/aromatic N) is 6. The Morgan fingerprint density at radius 1 is 1.26 bits per heavy atom. The van der Waals surface area contributed by atoms with Crippen LogP contribution in [-0.4, -0.2) is 75.1 Å². The van der Waals surface area contributed by atoms with Crippen molar-refractivity contribution in [1.29, 1.82) is 0 Å². The van der Waals surface area contributed by atoms with Gasteiger partial charge in [0.05, 0.1) is 27.4 Å². The Bertz CT molecular complexity index is 2010. The van der Waals surface area contributed by atoms with Gasteiger partial charge in [-0.1, -0.05) is 11.6 Å². The molecule has 4 aromatic rings. The molecule has 264 valence electrons. The van der Waals surface area contributed by atoms with Crippen LogP contribution < -0.4 is 20.7 Å². The van der Waals surface area contributed by atoms with Crippen molar-refractivity contribution in [2.24, 2.45) is 0 Å². The van der Waals surface area contributed by atoms with Gasteiger partial charge >= 0.3 is 12.2 Å². The number of piperidine rings is 1. The normalized spacial score (nSPS) is 22.6. The first-order valence-electron chi connectivity index (χ1n) is 16.0. The Morgan fingerprint density at radius 3 is 2.76 bits per heavy atom. The lowest BCUT2D eigenvalue weighted by Crippen LogP contribution is -2.51. The van der Waals surface area contributed by atoms with Crippen LogP contribution in [0.3, 0.4) is 0 Å². The highest BCUT2D eigenvalue weighted by Crippen LogP contribution is 2.48. The summed E-state index contributed by atoms with van der Waals surface area (Å²) in [5.41, 5.74) is 1.90.